The van der Waals surface area contributed by atoms with Gasteiger partial charge in [0.05, 0.1) is 0 Å². The molecule has 1 atom stereocenters. The van der Waals surface area contributed by atoms with Gasteiger partial charge in [0.2, 0.25) is 0 Å². The Bertz CT molecular complexity index is 879. The third-order valence-electron chi connectivity index (χ3n) is 3.58. The van der Waals surface area contributed by atoms with Crippen LogP contribution in [0.1, 0.15) is 10.4 Å². The summed E-state index contributed by atoms with van der Waals surface area (Å²) in [6.45, 7) is 0. The molecule has 1 unspecified atom stereocenters. The predicted molar refractivity (Wildman–Crippen MR) is 91.9 cm³/mol. The molecule has 0 saturated heterocycles. The number of rotatable bonds is 3. The smallest absolute Gasteiger partial charge is 0.408 e. The van der Waals surface area contributed by atoms with Gasteiger partial charge in [-0.2, -0.15) is 0 Å². The van der Waals surface area contributed by atoms with E-state index in [1.54, 1.807) is 18.2 Å². The van der Waals surface area contributed by atoms with Gasteiger partial charge in [-0.15, -0.1) is 0 Å². The summed E-state index contributed by atoms with van der Waals surface area (Å²) in [5.41, 5.74) is 2.35. The molecule has 0 fully saturated rings. The van der Waals surface area contributed by atoms with E-state index in [1.807, 2.05) is 60.7 Å². The molecular weight excluding hydrogens is 323 g/mol. The number of hydrogen-bond acceptors (Lipinski definition) is 4. The van der Waals surface area contributed by atoms with Crippen LogP contribution >= 0.6 is 8.60 Å². The Morgan fingerprint density at radius 3 is 2.21 bits per heavy atom. The molecule has 0 amide bonds. The summed E-state index contributed by atoms with van der Waals surface area (Å²) in [6.07, 6.45) is 0. The molecule has 24 heavy (non-hydrogen) atoms. The molecule has 0 aliphatic carbocycles. The van der Waals surface area contributed by atoms with Crippen LogP contribution in [0.3, 0.4) is 0 Å². The summed E-state index contributed by atoms with van der Waals surface area (Å²) in [5.74, 6) is 0.666. The number of benzene rings is 3. The van der Waals surface area contributed by atoms with Crippen molar-refractivity contribution in [3.05, 3.63) is 84.4 Å². The van der Waals surface area contributed by atoms with Gasteiger partial charge in [-0.05, 0) is 23.8 Å². The van der Waals surface area contributed by atoms with E-state index >= 15 is 0 Å². The maximum absolute atomic E-state index is 12.1. The van der Waals surface area contributed by atoms with Crippen molar-refractivity contribution in [2.45, 2.75) is 0 Å². The zero-order chi connectivity index (χ0) is 16.4. The van der Waals surface area contributed by atoms with Crippen molar-refractivity contribution in [3.8, 4) is 22.6 Å². The lowest BCUT2D eigenvalue weighted by atomic mass is 10.1. The first kappa shape index (κ1) is 14.7. The van der Waals surface area contributed by atoms with Crippen LogP contribution in [-0.4, -0.2) is 5.97 Å². The second kappa shape index (κ2) is 6.34. The van der Waals surface area contributed by atoms with Crippen molar-refractivity contribution in [1.29, 1.82) is 0 Å². The average Bonchev–Trinajstić information content (AvgIpc) is 2.63. The molecule has 0 aromatic heterocycles. The largest absolute Gasteiger partial charge is 0.532 e. The second-order valence-electron chi connectivity index (χ2n) is 5.14. The van der Waals surface area contributed by atoms with Gasteiger partial charge < -0.3 is 13.6 Å². The molecule has 0 spiro atoms. The summed E-state index contributed by atoms with van der Waals surface area (Å²) < 4.78 is 16.9. The summed E-state index contributed by atoms with van der Waals surface area (Å²) in [5, 5.41) is 0. The van der Waals surface area contributed by atoms with E-state index in [2.05, 4.69) is 0 Å². The van der Waals surface area contributed by atoms with Crippen molar-refractivity contribution >= 4 is 14.6 Å². The Morgan fingerprint density at radius 2 is 1.38 bits per heavy atom. The average molecular weight is 336 g/mol. The fourth-order valence-electron chi connectivity index (χ4n) is 2.45. The Hall–Kier alpha value is -2.84. The highest BCUT2D eigenvalue weighted by Crippen LogP contribution is 2.48. The van der Waals surface area contributed by atoms with Gasteiger partial charge in [0.25, 0.3) is 0 Å². The molecule has 0 saturated carbocycles. The summed E-state index contributed by atoms with van der Waals surface area (Å²) >= 11 is 0. The Kier molecular flexibility index (Phi) is 3.89. The highest BCUT2D eigenvalue weighted by molar-refractivity contribution is 7.43. The van der Waals surface area contributed by atoms with Gasteiger partial charge in [0.1, 0.15) is 17.1 Å². The standard InChI is InChI=1S/C19H13O4P/c20-19-16-11-5-7-13-18(16)22-24(23-19)21-17-12-6-4-10-15(17)14-8-2-1-3-9-14/h1-13H. The number of hydrogen-bond donors (Lipinski definition) is 0. The Labute approximate surface area is 140 Å². The molecule has 4 rings (SSSR count). The van der Waals surface area contributed by atoms with E-state index in [9.17, 15) is 4.79 Å². The number of carbonyl (C=O) groups is 1. The van der Waals surface area contributed by atoms with Crippen LogP contribution in [0.5, 0.6) is 11.5 Å². The molecule has 0 N–H and O–H groups in total. The minimum atomic E-state index is -1.83. The van der Waals surface area contributed by atoms with E-state index in [0.717, 1.165) is 11.1 Å². The SMILES string of the molecule is O=C1OP(Oc2ccccc2-c2ccccc2)Oc2ccccc21. The molecule has 0 bridgehead atoms. The Balaban J connectivity index is 1.62. The zero-order valence-corrected chi connectivity index (χ0v) is 13.5. The van der Waals surface area contributed by atoms with Crippen molar-refractivity contribution in [3.63, 3.8) is 0 Å². The number of fused-ring (bicyclic) bond motifs is 1. The van der Waals surface area contributed by atoms with Crippen LogP contribution in [-0.2, 0) is 4.52 Å². The van der Waals surface area contributed by atoms with Crippen molar-refractivity contribution in [2.24, 2.45) is 0 Å². The van der Waals surface area contributed by atoms with E-state index in [-0.39, 0.29) is 0 Å². The highest BCUT2D eigenvalue weighted by atomic mass is 31.2. The maximum atomic E-state index is 12.1. The second-order valence-corrected chi connectivity index (χ2v) is 6.14. The lowest BCUT2D eigenvalue weighted by Gasteiger charge is -2.23. The van der Waals surface area contributed by atoms with Crippen LogP contribution in [0, 0.1) is 0 Å². The molecule has 3 aromatic rings. The predicted octanol–water partition coefficient (Wildman–Crippen LogP) is 5.21. The van der Waals surface area contributed by atoms with Crippen molar-refractivity contribution in [2.75, 3.05) is 0 Å². The molecule has 1 heterocycles. The quantitative estimate of drug-likeness (QED) is 0.616. The van der Waals surface area contributed by atoms with Crippen LogP contribution in [0.4, 0.5) is 0 Å². The van der Waals surface area contributed by atoms with E-state index in [4.69, 9.17) is 13.6 Å². The van der Waals surface area contributed by atoms with Gasteiger partial charge in [0, 0.05) is 5.56 Å². The first-order valence-corrected chi connectivity index (χ1v) is 8.53. The van der Waals surface area contributed by atoms with Crippen LogP contribution in [0.15, 0.2) is 78.9 Å². The molecule has 0 radical (unpaired) electrons. The summed E-state index contributed by atoms with van der Waals surface area (Å²) in [6, 6.07) is 24.5. The van der Waals surface area contributed by atoms with Gasteiger partial charge in [-0.3, -0.25) is 0 Å². The van der Waals surface area contributed by atoms with Crippen molar-refractivity contribution < 1.29 is 18.4 Å². The van der Waals surface area contributed by atoms with E-state index in [0.29, 0.717) is 17.1 Å². The fourth-order valence-corrected chi connectivity index (χ4v) is 3.44. The lowest BCUT2D eigenvalue weighted by molar-refractivity contribution is 0.0697. The lowest BCUT2D eigenvalue weighted by Crippen LogP contribution is -2.14. The molecular formula is C19H13O4P. The first-order valence-electron chi connectivity index (χ1n) is 7.43. The maximum Gasteiger partial charge on any atom is 0.532 e. The normalized spacial score (nSPS) is 15.8. The third kappa shape index (κ3) is 2.84. The molecule has 1 aliphatic heterocycles. The van der Waals surface area contributed by atoms with Gasteiger partial charge in [-0.25, -0.2) is 4.79 Å². The Morgan fingerprint density at radius 1 is 0.708 bits per heavy atom. The summed E-state index contributed by atoms with van der Waals surface area (Å²) in [7, 11) is -1.83. The van der Waals surface area contributed by atoms with Crippen LogP contribution in [0.2, 0.25) is 0 Å². The molecule has 1 aliphatic rings. The third-order valence-corrected chi connectivity index (χ3v) is 4.59. The number of para-hydroxylation sites is 2. The van der Waals surface area contributed by atoms with Gasteiger partial charge in [0.15, 0.2) is 0 Å². The topological polar surface area (TPSA) is 44.8 Å². The number of carbonyl (C=O) groups excluding carboxylic acids is 1. The first-order chi connectivity index (χ1) is 11.8. The fraction of sp³-hybridized carbons (Fsp3) is 0. The van der Waals surface area contributed by atoms with Crippen LogP contribution in [0.25, 0.3) is 11.1 Å². The molecule has 3 aromatic carbocycles. The molecule has 4 nitrogen and oxygen atoms in total. The van der Waals surface area contributed by atoms with E-state index < -0.39 is 14.6 Å². The van der Waals surface area contributed by atoms with Crippen molar-refractivity contribution in [1.82, 2.24) is 0 Å². The highest BCUT2D eigenvalue weighted by Gasteiger charge is 2.32. The minimum absolute atomic E-state index is 0.413. The van der Waals surface area contributed by atoms with Gasteiger partial charge >= 0.3 is 14.6 Å². The monoisotopic (exact) mass is 336 g/mol. The summed E-state index contributed by atoms with van der Waals surface area (Å²) in [4.78, 5) is 12.1. The molecule has 5 heteroatoms. The van der Waals surface area contributed by atoms with Crippen LogP contribution < -0.4 is 9.05 Å². The minimum Gasteiger partial charge on any atom is -0.408 e. The zero-order valence-electron chi connectivity index (χ0n) is 12.6. The molecule has 118 valence electrons. The van der Waals surface area contributed by atoms with Gasteiger partial charge in [-0.1, -0.05) is 60.7 Å². The van der Waals surface area contributed by atoms with E-state index in [1.165, 1.54) is 0 Å².